The molecule has 2 heterocycles. The van der Waals surface area contributed by atoms with Gasteiger partial charge < -0.3 is 15.4 Å². The summed E-state index contributed by atoms with van der Waals surface area (Å²) >= 11 is 0. The van der Waals surface area contributed by atoms with Gasteiger partial charge in [-0.3, -0.25) is 0 Å². The lowest BCUT2D eigenvalue weighted by Crippen LogP contribution is -2.63. The van der Waals surface area contributed by atoms with Gasteiger partial charge in [0.15, 0.2) is 17.5 Å². The second-order valence-corrected chi connectivity index (χ2v) is 6.88. The van der Waals surface area contributed by atoms with E-state index < -0.39 is 34.9 Å². The number of hydrogen-bond acceptors (Lipinski definition) is 2. The van der Waals surface area contributed by atoms with E-state index in [1.54, 1.807) is 0 Å². The molecule has 4 nitrogen and oxygen atoms in total. The van der Waals surface area contributed by atoms with Crippen LogP contribution in [0.2, 0.25) is 0 Å². The van der Waals surface area contributed by atoms with Gasteiger partial charge in [-0.1, -0.05) is 0 Å². The minimum Gasteiger partial charge on any atom is -0.352 e. The predicted octanol–water partition coefficient (Wildman–Crippen LogP) is 3.53. The van der Waals surface area contributed by atoms with E-state index in [0.29, 0.717) is 11.8 Å². The van der Waals surface area contributed by atoms with Gasteiger partial charge in [0.1, 0.15) is 5.72 Å². The molecule has 23 heavy (non-hydrogen) atoms. The minimum absolute atomic E-state index is 0.168. The van der Waals surface area contributed by atoms with E-state index in [-0.39, 0.29) is 6.10 Å². The van der Waals surface area contributed by atoms with Crippen LogP contribution >= 0.6 is 0 Å². The maximum atomic E-state index is 13.6. The van der Waals surface area contributed by atoms with Gasteiger partial charge in [0, 0.05) is 0 Å². The van der Waals surface area contributed by atoms with Crippen LogP contribution in [0.4, 0.5) is 23.7 Å². The number of amides is 2. The van der Waals surface area contributed by atoms with E-state index in [2.05, 4.69) is 10.6 Å². The van der Waals surface area contributed by atoms with E-state index in [9.17, 15) is 18.0 Å². The number of hydrogen-bond donors (Lipinski definition) is 2. The Balaban J connectivity index is 1.48. The summed E-state index contributed by atoms with van der Waals surface area (Å²) < 4.78 is 45.8. The smallest absolute Gasteiger partial charge is 0.321 e. The van der Waals surface area contributed by atoms with Crippen molar-refractivity contribution in [3.63, 3.8) is 0 Å². The standard InChI is InChI=1S/C16H17F3N2O2/c17-11-1-2-12(14(19)13(11)18)20-15(22)21-16-6-8-3-9(7-16)5-10(4-8)23-16/h1-2,8-10H,3-7H2,(H2,20,21,22). The molecule has 2 saturated carbocycles. The summed E-state index contributed by atoms with van der Waals surface area (Å²) in [5.41, 5.74) is -1.11. The fourth-order valence-electron chi connectivity index (χ4n) is 4.48. The van der Waals surface area contributed by atoms with E-state index in [1.165, 1.54) is 6.42 Å². The SMILES string of the molecule is O=C(Nc1ccc(F)c(F)c1F)NC12CC3CC(CC(C3)O1)C2. The second kappa shape index (κ2) is 5.12. The molecule has 0 radical (unpaired) electrons. The Kier molecular flexibility index (Phi) is 3.30. The quantitative estimate of drug-likeness (QED) is 0.817. The summed E-state index contributed by atoms with van der Waals surface area (Å²) in [6, 6.07) is 1.10. The zero-order valence-corrected chi connectivity index (χ0v) is 12.4. The predicted molar refractivity (Wildman–Crippen MR) is 76.1 cm³/mol. The summed E-state index contributed by atoms with van der Waals surface area (Å²) in [6.07, 6.45) is 4.88. The number of urea groups is 1. The Hall–Kier alpha value is -1.76. The van der Waals surface area contributed by atoms with E-state index in [4.69, 9.17) is 4.74 Å². The molecule has 7 heteroatoms. The van der Waals surface area contributed by atoms with Crippen molar-refractivity contribution >= 4 is 11.7 Å². The topological polar surface area (TPSA) is 50.4 Å². The molecule has 0 spiro atoms. The largest absolute Gasteiger partial charge is 0.352 e. The van der Waals surface area contributed by atoms with E-state index >= 15 is 0 Å². The van der Waals surface area contributed by atoms with Crippen molar-refractivity contribution in [3.8, 4) is 0 Å². The third kappa shape index (κ3) is 2.56. The van der Waals surface area contributed by atoms with Gasteiger partial charge in [0.2, 0.25) is 0 Å². The van der Waals surface area contributed by atoms with Gasteiger partial charge in [-0.15, -0.1) is 0 Å². The number of ether oxygens (including phenoxy) is 1. The van der Waals surface area contributed by atoms with E-state index in [0.717, 1.165) is 37.8 Å². The summed E-state index contributed by atoms with van der Waals surface area (Å²) in [6.45, 7) is 0. The number of rotatable bonds is 2. The summed E-state index contributed by atoms with van der Waals surface area (Å²) in [5, 5.41) is 5.02. The molecule has 2 aliphatic heterocycles. The molecule has 5 rings (SSSR count). The second-order valence-electron chi connectivity index (χ2n) is 6.88. The lowest BCUT2D eigenvalue weighted by Gasteiger charge is -2.56. The highest BCUT2D eigenvalue weighted by Gasteiger charge is 2.52. The van der Waals surface area contributed by atoms with Crippen LogP contribution in [-0.4, -0.2) is 17.9 Å². The summed E-state index contributed by atoms with van der Waals surface area (Å²) in [4.78, 5) is 12.2. The highest BCUT2D eigenvalue weighted by molar-refractivity contribution is 5.89. The Morgan fingerprint density at radius 1 is 1.09 bits per heavy atom. The van der Waals surface area contributed by atoms with Crippen molar-refractivity contribution in [2.45, 2.75) is 43.9 Å². The molecule has 2 amide bonds. The summed E-state index contributed by atoms with van der Waals surface area (Å²) in [7, 11) is 0. The highest BCUT2D eigenvalue weighted by atomic mass is 19.2. The maximum Gasteiger partial charge on any atom is 0.321 e. The van der Waals surface area contributed by atoms with Crippen molar-refractivity contribution in [2.75, 3.05) is 5.32 Å². The molecule has 4 aliphatic rings. The average molecular weight is 326 g/mol. The van der Waals surface area contributed by atoms with Crippen LogP contribution in [-0.2, 0) is 4.74 Å². The zero-order chi connectivity index (χ0) is 16.2. The van der Waals surface area contributed by atoms with Crippen molar-refractivity contribution in [3.05, 3.63) is 29.6 Å². The molecule has 2 aliphatic carbocycles. The molecule has 2 atom stereocenters. The van der Waals surface area contributed by atoms with E-state index in [1.807, 2.05) is 0 Å². The van der Waals surface area contributed by atoms with Gasteiger partial charge >= 0.3 is 6.03 Å². The molecule has 4 bridgehead atoms. The Morgan fingerprint density at radius 3 is 2.43 bits per heavy atom. The zero-order valence-electron chi connectivity index (χ0n) is 12.4. The molecular weight excluding hydrogens is 309 g/mol. The lowest BCUT2D eigenvalue weighted by atomic mass is 9.65. The van der Waals surface area contributed by atoms with Gasteiger partial charge in [-0.2, -0.15) is 0 Å². The van der Waals surface area contributed by atoms with Crippen LogP contribution in [0.15, 0.2) is 12.1 Å². The van der Waals surface area contributed by atoms with Gasteiger partial charge in [0.25, 0.3) is 0 Å². The number of carbonyl (C=O) groups is 1. The normalized spacial score (nSPS) is 34.5. The van der Waals surface area contributed by atoms with Crippen molar-refractivity contribution < 1.29 is 22.7 Å². The first-order valence-electron chi connectivity index (χ1n) is 7.84. The van der Waals surface area contributed by atoms with Crippen molar-refractivity contribution in [2.24, 2.45) is 11.8 Å². The van der Waals surface area contributed by atoms with Gasteiger partial charge in [-0.25, -0.2) is 18.0 Å². The molecule has 2 N–H and O–H groups in total. The lowest BCUT2D eigenvalue weighted by molar-refractivity contribution is -0.227. The number of anilines is 1. The molecular formula is C16H17F3N2O2. The fraction of sp³-hybridized carbons (Fsp3) is 0.562. The Morgan fingerprint density at radius 2 is 1.78 bits per heavy atom. The van der Waals surface area contributed by atoms with Gasteiger partial charge in [0.05, 0.1) is 11.8 Å². The van der Waals surface area contributed by atoms with Gasteiger partial charge in [-0.05, 0) is 56.1 Å². The molecule has 2 unspecified atom stereocenters. The maximum absolute atomic E-state index is 13.6. The highest BCUT2D eigenvalue weighted by Crippen LogP contribution is 2.51. The van der Waals surface area contributed by atoms with Crippen LogP contribution in [0, 0.1) is 29.3 Å². The van der Waals surface area contributed by atoms with Crippen LogP contribution < -0.4 is 10.6 Å². The molecule has 4 fully saturated rings. The average Bonchev–Trinajstić information content (AvgIpc) is 2.46. The Bertz CT molecular complexity index is 630. The Labute approximate surface area is 131 Å². The van der Waals surface area contributed by atoms with Crippen molar-refractivity contribution in [1.29, 1.82) is 0 Å². The molecule has 0 aromatic heterocycles. The molecule has 2 saturated heterocycles. The molecule has 1 aromatic carbocycles. The first-order chi connectivity index (χ1) is 10.9. The first kappa shape index (κ1) is 14.8. The third-order valence-corrected chi connectivity index (χ3v) is 5.11. The summed E-state index contributed by atoms with van der Waals surface area (Å²) in [5.74, 6) is -3.22. The fourth-order valence-corrected chi connectivity index (χ4v) is 4.48. The molecule has 1 aromatic rings. The number of carbonyl (C=O) groups excluding carboxylic acids is 1. The number of benzene rings is 1. The first-order valence-corrected chi connectivity index (χ1v) is 7.84. The third-order valence-electron chi connectivity index (χ3n) is 5.11. The van der Waals surface area contributed by atoms with Crippen LogP contribution in [0.5, 0.6) is 0 Å². The number of nitrogens with one attached hydrogen (secondary N) is 2. The van der Waals surface area contributed by atoms with Crippen LogP contribution in [0.1, 0.15) is 32.1 Å². The monoisotopic (exact) mass is 326 g/mol. The van der Waals surface area contributed by atoms with Crippen LogP contribution in [0.3, 0.4) is 0 Å². The van der Waals surface area contributed by atoms with Crippen molar-refractivity contribution in [1.82, 2.24) is 5.32 Å². The molecule has 124 valence electrons. The van der Waals surface area contributed by atoms with Crippen LogP contribution in [0.25, 0.3) is 0 Å². The minimum atomic E-state index is -1.60. The number of halogens is 3.